The van der Waals surface area contributed by atoms with Gasteiger partial charge in [-0.05, 0) is 49.8 Å². The van der Waals surface area contributed by atoms with Gasteiger partial charge in [-0.25, -0.2) is 0 Å². The second kappa shape index (κ2) is 7.42. The standard InChI is InChI=1S/C19H32N2/c1-16(2)17-8-7-12-21(13-11-17)15-19(3,14-20)18-9-5-4-6-10-18/h4-6,9-10,16-17H,7-8,11-15,20H2,1-3H3. The molecule has 2 rings (SSSR count). The van der Waals surface area contributed by atoms with E-state index in [4.69, 9.17) is 5.73 Å². The van der Waals surface area contributed by atoms with Crippen LogP contribution in [0.15, 0.2) is 30.3 Å². The number of hydrogen-bond acceptors (Lipinski definition) is 2. The van der Waals surface area contributed by atoms with E-state index >= 15 is 0 Å². The molecule has 0 radical (unpaired) electrons. The third-order valence-electron chi connectivity index (χ3n) is 5.30. The molecule has 0 saturated carbocycles. The molecule has 1 fully saturated rings. The lowest BCUT2D eigenvalue weighted by Crippen LogP contribution is -2.44. The third-order valence-corrected chi connectivity index (χ3v) is 5.30. The average molecular weight is 288 g/mol. The highest BCUT2D eigenvalue weighted by atomic mass is 15.1. The summed E-state index contributed by atoms with van der Waals surface area (Å²) in [7, 11) is 0. The molecule has 1 heterocycles. The van der Waals surface area contributed by atoms with Crippen LogP contribution in [0.3, 0.4) is 0 Å². The Balaban J connectivity index is 2.02. The molecule has 1 aliphatic heterocycles. The van der Waals surface area contributed by atoms with Crippen molar-refractivity contribution < 1.29 is 0 Å². The van der Waals surface area contributed by atoms with Gasteiger partial charge in [0.2, 0.25) is 0 Å². The summed E-state index contributed by atoms with van der Waals surface area (Å²) < 4.78 is 0. The van der Waals surface area contributed by atoms with Crippen molar-refractivity contribution in [3.05, 3.63) is 35.9 Å². The lowest BCUT2D eigenvalue weighted by molar-refractivity contribution is 0.219. The first-order valence-electron chi connectivity index (χ1n) is 8.53. The van der Waals surface area contributed by atoms with Crippen molar-refractivity contribution in [2.75, 3.05) is 26.2 Å². The van der Waals surface area contributed by atoms with E-state index in [-0.39, 0.29) is 5.41 Å². The summed E-state index contributed by atoms with van der Waals surface area (Å²) in [6.45, 7) is 11.3. The zero-order valence-electron chi connectivity index (χ0n) is 14.0. The van der Waals surface area contributed by atoms with Crippen LogP contribution in [-0.2, 0) is 5.41 Å². The van der Waals surface area contributed by atoms with Crippen LogP contribution in [0.25, 0.3) is 0 Å². The van der Waals surface area contributed by atoms with Crippen LogP contribution in [0.1, 0.15) is 45.6 Å². The van der Waals surface area contributed by atoms with Crippen molar-refractivity contribution >= 4 is 0 Å². The molecule has 2 unspecified atom stereocenters. The molecule has 0 bridgehead atoms. The van der Waals surface area contributed by atoms with Crippen molar-refractivity contribution in [1.29, 1.82) is 0 Å². The predicted molar refractivity (Wildman–Crippen MR) is 91.5 cm³/mol. The number of nitrogens with zero attached hydrogens (tertiary/aromatic N) is 1. The monoisotopic (exact) mass is 288 g/mol. The van der Waals surface area contributed by atoms with E-state index in [2.05, 4.69) is 56.0 Å². The molecule has 1 aliphatic rings. The zero-order valence-corrected chi connectivity index (χ0v) is 14.0. The fourth-order valence-corrected chi connectivity index (χ4v) is 3.61. The van der Waals surface area contributed by atoms with Gasteiger partial charge in [-0.15, -0.1) is 0 Å². The number of benzene rings is 1. The van der Waals surface area contributed by atoms with Crippen LogP contribution in [-0.4, -0.2) is 31.1 Å². The second-order valence-corrected chi connectivity index (χ2v) is 7.34. The first-order chi connectivity index (χ1) is 10.0. The molecule has 118 valence electrons. The van der Waals surface area contributed by atoms with Crippen LogP contribution in [0.2, 0.25) is 0 Å². The molecule has 2 heteroatoms. The minimum Gasteiger partial charge on any atom is -0.330 e. The van der Waals surface area contributed by atoms with Gasteiger partial charge < -0.3 is 10.6 Å². The second-order valence-electron chi connectivity index (χ2n) is 7.34. The van der Waals surface area contributed by atoms with Crippen LogP contribution in [0, 0.1) is 11.8 Å². The fourth-order valence-electron chi connectivity index (χ4n) is 3.61. The van der Waals surface area contributed by atoms with Gasteiger partial charge in [0, 0.05) is 18.5 Å². The summed E-state index contributed by atoms with van der Waals surface area (Å²) in [5.41, 5.74) is 7.58. The summed E-state index contributed by atoms with van der Waals surface area (Å²) in [5.74, 6) is 1.72. The minimum atomic E-state index is 0.0684. The van der Waals surface area contributed by atoms with E-state index in [0.717, 1.165) is 18.4 Å². The summed E-state index contributed by atoms with van der Waals surface area (Å²) >= 11 is 0. The Morgan fingerprint density at radius 3 is 2.52 bits per heavy atom. The number of nitrogens with two attached hydrogens (primary N) is 1. The maximum absolute atomic E-state index is 6.14. The molecular formula is C19H32N2. The Bertz CT molecular complexity index is 415. The van der Waals surface area contributed by atoms with Crippen LogP contribution in [0.4, 0.5) is 0 Å². The van der Waals surface area contributed by atoms with E-state index in [1.165, 1.54) is 37.9 Å². The summed E-state index contributed by atoms with van der Waals surface area (Å²) in [6.07, 6.45) is 4.06. The molecular weight excluding hydrogens is 256 g/mol. The van der Waals surface area contributed by atoms with Gasteiger partial charge in [0.1, 0.15) is 0 Å². The van der Waals surface area contributed by atoms with Crippen molar-refractivity contribution in [2.45, 2.75) is 45.4 Å². The molecule has 0 amide bonds. The molecule has 2 nitrogen and oxygen atoms in total. The van der Waals surface area contributed by atoms with Gasteiger partial charge in [0.15, 0.2) is 0 Å². The van der Waals surface area contributed by atoms with Gasteiger partial charge in [-0.3, -0.25) is 0 Å². The number of hydrogen-bond donors (Lipinski definition) is 1. The molecule has 0 aromatic heterocycles. The SMILES string of the molecule is CC(C)C1CCCN(CC(C)(CN)c2ccccc2)CC1. The fraction of sp³-hybridized carbons (Fsp3) is 0.684. The molecule has 0 spiro atoms. The Morgan fingerprint density at radius 2 is 1.90 bits per heavy atom. The van der Waals surface area contributed by atoms with Crippen LogP contribution < -0.4 is 5.73 Å². The van der Waals surface area contributed by atoms with E-state index in [1.54, 1.807) is 0 Å². The zero-order chi connectivity index (χ0) is 15.3. The predicted octanol–water partition coefficient (Wildman–Crippen LogP) is 3.66. The molecule has 1 aromatic rings. The Labute approximate surface area is 130 Å². The topological polar surface area (TPSA) is 29.3 Å². The van der Waals surface area contributed by atoms with Crippen molar-refractivity contribution in [3.8, 4) is 0 Å². The molecule has 2 atom stereocenters. The highest BCUT2D eigenvalue weighted by molar-refractivity contribution is 5.25. The lowest BCUT2D eigenvalue weighted by atomic mass is 9.82. The van der Waals surface area contributed by atoms with Gasteiger partial charge >= 0.3 is 0 Å². The highest BCUT2D eigenvalue weighted by Crippen LogP contribution is 2.28. The smallest absolute Gasteiger partial charge is 0.0174 e. The Hall–Kier alpha value is -0.860. The quantitative estimate of drug-likeness (QED) is 0.896. The number of likely N-dealkylation sites (tertiary alicyclic amines) is 1. The van der Waals surface area contributed by atoms with Crippen LogP contribution >= 0.6 is 0 Å². The Morgan fingerprint density at radius 1 is 1.19 bits per heavy atom. The Kier molecular flexibility index (Phi) is 5.83. The first kappa shape index (κ1) is 16.5. The normalized spacial score (nSPS) is 23.8. The third kappa shape index (κ3) is 4.31. The van der Waals surface area contributed by atoms with Gasteiger partial charge in [0.05, 0.1) is 0 Å². The van der Waals surface area contributed by atoms with Gasteiger partial charge in [-0.2, -0.15) is 0 Å². The van der Waals surface area contributed by atoms with E-state index < -0.39 is 0 Å². The first-order valence-corrected chi connectivity index (χ1v) is 8.53. The molecule has 1 aromatic carbocycles. The number of rotatable bonds is 5. The van der Waals surface area contributed by atoms with Crippen molar-refractivity contribution in [2.24, 2.45) is 17.6 Å². The molecule has 21 heavy (non-hydrogen) atoms. The van der Waals surface area contributed by atoms with E-state index in [9.17, 15) is 0 Å². The van der Waals surface area contributed by atoms with Gasteiger partial charge in [0.25, 0.3) is 0 Å². The molecule has 0 aliphatic carbocycles. The highest BCUT2D eigenvalue weighted by Gasteiger charge is 2.29. The van der Waals surface area contributed by atoms with Crippen LogP contribution in [0.5, 0.6) is 0 Å². The summed E-state index contributed by atoms with van der Waals surface area (Å²) in [4.78, 5) is 2.64. The maximum Gasteiger partial charge on any atom is 0.0174 e. The molecule has 2 N–H and O–H groups in total. The minimum absolute atomic E-state index is 0.0684. The summed E-state index contributed by atoms with van der Waals surface area (Å²) in [6, 6.07) is 10.8. The lowest BCUT2D eigenvalue weighted by Gasteiger charge is -2.35. The largest absolute Gasteiger partial charge is 0.330 e. The maximum atomic E-state index is 6.14. The van der Waals surface area contributed by atoms with Crippen molar-refractivity contribution in [1.82, 2.24) is 4.90 Å². The average Bonchev–Trinajstić information content (AvgIpc) is 2.73. The van der Waals surface area contributed by atoms with E-state index in [1.807, 2.05) is 0 Å². The summed E-state index contributed by atoms with van der Waals surface area (Å²) in [5, 5.41) is 0. The van der Waals surface area contributed by atoms with E-state index in [0.29, 0.717) is 6.54 Å². The molecule has 1 saturated heterocycles. The van der Waals surface area contributed by atoms with Gasteiger partial charge in [-0.1, -0.05) is 51.1 Å². The van der Waals surface area contributed by atoms with Crippen molar-refractivity contribution in [3.63, 3.8) is 0 Å².